The summed E-state index contributed by atoms with van der Waals surface area (Å²) in [6, 6.07) is 23.2. The second-order valence-corrected chi connectivity index (χ2v) is 9.41. The molecule has 0 saturated heterocycles. The topological polar surface area (TPSA) is 75.7 Å². The summed E-state index contributed by atoms with van der Waals surface area (Å²) in [5.41, 5.74) is 2.22. The van der Waals surface area contributed by atoms with Gasteiger partial charge in [0, 0.05) is 18.2 Å². The molecule has 0 atom stereocenters. The molecule has 3 aromatic rings. The van der Waals surface area contributed by atoms with Gasteiger partial charge in [0.2, 0.25) is 0 Å². The van der Waals surface area contributed by atoms with Crippen LogP contribution in [-0.4, -0.2) is 34.5 Å². The number of amides is 1. The zero-order chi connectivity index (χ0) is 22.7. The number of nitrogens with one attached hydrogen (secondary N) is 1. The van der Waals surface area contributed by atoms with Gasteiger partial charge in [-0.2, -0.15) is 0 Å². The molecule has 0 unspecified atom stereocenters. The SMILES string of the molecule is CN1c2ccccc2C(c2ccccc2)=C(C(=O)NCCOc2ccccc2Cl)S1(=O)=O. The van der Waals surface area contributed by atoms with Gasteiger partial charge in [-0.1, -0.05) is 72.3 Å². The van der Waals surface area contributed by atoms with Gasteiger partial charge in [-0.15, -0.1) is 0 Å². The van der Waals surface area contributed by atoms with Crippen LogP contribution in [0.3, 0.4) is 0 Å². The zero-order valence-corrected chi connectivity index (χ0v) is 18.9. The molecule has 0 radical (unpaired) electrons. The molecular weight excluding hydrogens is 448 g/mol. The second-order valence-electron chi connectivity index (χ2n) is 7.09. The Kier molecular flexibility index (Phi) is 6.21. The minimum atomic E-state index is -4.07. The zero-order valence-electron chi connectivity index (χ0n) is 17.3. The van der Waals surface area contributed by atoms with E-state index >= 15 is 0 Å². The van der Waals surface area contributed by atoms with Crippen molar-refractivity contribution in [1.82, 2.24) is 5.32 Å². The van der Waals surface area contributed by atoms with E-state index < -0.39 is 15.9 Å². The summed E-state index contributed by atoms with van der Waals surface area (Å²) >= 11 is 6.07. The monoisotopic (exact) mass is 468 g/mol. The maximum Gasteiger partial charge on any atom is 0.270 e. The van der Waals surface area contributed by atoms with Crippen LogP contribution in [0.1, 0.15) is 11.1 Å². The summed E-state index contributed by atoms with van der Waals surface area (Å²) < 4.78 is 33.5. The van der Waals surface area contributed by atoms with Gasteiger partial charge in [-0.05, 0) is 23.8 Å². The van der Waals surface area contributed by atoms with Gasteiger partial charge in [0.25, 0.3) is 15.9 Å². The van der Waals surface area contributed by atoms with Crippen LogP contribution in [0.25, 0.3) is 5.57 Å². The van der Waals surface area contributed by atoms with Gasteiger partial charge in [-0.25, -0.2) is 8.42 Å². The first-order valence-corrected chi connectivity index (χ1v) is 11.8. The number of carbonyl (C=O) groups excluding carboxylic acids is 1. The number of rotatable bonds is 6. The van der Waals surface area contributed by atoms with Crippen molar-refractivity contribution in [3.63, 3.8) is 0 Å². The highest BCUT2D eigenvalue weighted by molar-refractivity contribution is 7.97. The highest BCUT2D eigenvalue weighted by atomic mass is 35.5. The van der Waals surface area contributed by atoms with Crippen molar-refractivity contribution < 1.29 is 17.9 Å². The number of benzene rings is 3. The van der Waals surface area contributed by atoms with Crippen LogP contribution < -0.4 is 14.4 Å². The molecule has 0 aromatic heterocycles. The van der Waals surface area contributed by atoms with Crippen LogP contribution in [0, 0.1) is 0 Å². The van der Waals surface area contributed by atoms with E-state index in [0.717, 1.165) is 4.31 Å². The number of sulfonamides is 1. The molecule has 0 saturated carbocycles. The number of anilines is 1. The van der Waals surface area contributed by atoms with Crippen molar-refractivity contribution in [3.05, 3.63) is 99.9 Å². The van der Waals surface area contributed by atoms with Gasteiger partial charge in [0.15, 0.2) is 4.91 Å². The van der Waals surface area contributed by atoms with Crippen molar-refractivity contribution in [2.75, 3.05) is 24.5 Å². The lowest BCUT2D eigenvalue weighted by molar-refractivity contribution is -0.116. The normalized spacial score (nSPS) is 14.6. The smallest absolute Gasteiger partial charge is 0.270 e. The molecule has 1 aliphatic heterocycles. The van der Waals surface area contributed by atoms with Gasteiger partial charge in [0.1, 0.15) is 12.4 Å². The van der Waals surface area contributed by atoms with Crippen LogP contribution in [0.5, 0.6) is 5.75 Å². The third-order valence-electron chi connectivity index (χ3n) is 5.11. The van der Waals surface area contributed by atoms with Crippen LogP contribution in [0.4, 0.5) is 5.69 Å². The molecule has 4 rings (SSSR count). The fraction of sp³-hybridized carbons (Fsp3) is 0.125. The molecule has 1 amide bonds. The third kappa shape index (κ3) is 4.09. The number of hydrogen-bond acceptors (Lipinski definition) is 4. The second kappa shape index (κ2) is 9.06. The van der Waals surface area contributed by atoms with E-state index in [2.05, 4.69) is 5.32 Å². The first kappa shape index (κ1) is 21.9. The molecule has 0 bridgehead atoms. The number of carbonyl (C=O) groups is 1. The van der Waals surface area contributed by atoms with Gasteiger partial charge in [-0.3, -0.25) is 9.10 Å². The average molecular weight is 469 g/mol. The predicted molar refractivity (Wildman–Crippen MR) is 126 cm³/mol. The predicted octanol–water partition coefficient (Wildman–Crippen LogP) is 4.07. The lowest BCUT2D eigenvalue weighted by Crippen LogP contribution is -2.40. The number of halogens is 1. The fourth-order valence-electron chi connectivity index (χ4n) is 3.57. The Balaban J connectivity index is 1.67. The molecule has 1 heterocycles. The van der Waals surface area contributed by atoms with Crippen molar-refractivity contribution >= 4 is 38.8 Å². The van der Waals surface area contributed by atoms with Crippen LogP contribution in [0.2, 0.25) is 5.02 Å². The molecule has 3 aromatic carbocycles. The Hall–Kier alpha value is -3.29. The van der Waals surface area contributed by atoms with Crippen molar-refractivity contribution in [3.8, 4) is 5.75 Å². The largest absolute Gasteiger partial charge is 0.490 e. The van der Waals surface area contributed by atoms with Crippen LogP contribution in [0.15, 0.2) is 83.8 Å². The number of fused-ring (bicyclic) bond motifs is 1. The summed E-state index contributed by atoms with van der Waals surface area (Å²) in [6.07, 6.45) is 0. The summed E-state index contributed by atoms with van der Waals surface area (Å²) in [4.78, 5) is 12.9. The molecule has 0 spiro atoms. The Morgan fingerprint density at radius 1 is 0.969 bits per heavy atom. The molecule has 0 aliphatic carbocycles. The van der Waals surface area contributed by atoms with Gasteiger partial charge in [0.05, 0.1) is 17.3 Å². The fourth-order valence-corrected chi connectivity index (χ4v) is 5.24. The molecule has 0 fully saturated rings. The quantitative estimate of drug-likeness (QED) is 0.553. The van der Waals surface area contributed by atoms with Crippen molar-refractivity contribution in [1.29, 1.82) is 0 Å². The third-order valence-corrected chi connectivity index (χ3v) is 7.24. The molecule has 6 nitrogen and oxygen atoms in total. The summed E-state index contributed by atoms with van der Waals surface area (Å²) in [5, 5.41) is 3.14. The first-order valence-electron chi connectivity index (χ1n) is 9.95. The molecule has 8 heteroatoms. The number of nitrogens with zero attached hydrogens (tertiary/aromatic N) is 1. The van der Waals surface area contributed by atoms with E-state index in [1.807, 2.05) is 30.3 Å². The first-order chi connectivity index (χ1) is 15.4. The number of ether oxygens (including phenoxy) is 1. The maximum absolute atomic E-state index is 13.4. The van der Waals surface area contributed by atoms with Gasteiger partial charge < -0.3 is 10.1 Å². The Bertz CT molecular complexity index is 1290. The number of para-hydroxylation sites is 2. The van der Waals surface area contributed by atoms with Crippen LogP contribution in [-0.2, 0) is 14.8 Å². The summed E-state index contributed by atoms with van der Waals surface area (Å²) in [5.74, 6) is -0.195. The Labute approximate surface area is 192 Å². The molecule has 164 valence electrons. The minimum absolute atomic E-state index is 0.108. The molecule has 32 heavy (non-hydrogen) atoms. The van der Waals surface area contributed by atoms with E-state index in [4.69, 9.17) is 16.3 Å². The van der Waals surface area contributed by atoms with E-state index in [-0.39, 0.29) is 18.1 Å². The van der Waals surface area contributed by atoms with Crippen molar-refractivity contribution in [2.24, 2.45) is 0 Å². The standard InChI is InChI=1S/C24H21ClN2O4S/c1-27-20-13-7-5-11-18(20)22(17-9-3-2-4-10-17)23(32(27,29)30)24(28)26-15-16-31-21-14-8-6-12-19(21)25/h2-14H,15-16H2,1H3,(H,26,28). The van der Waals surface area contributed by atoms with E-state index in [1.165, 1.54) is 7.05 Å². The average Bonchev–Trinajstić information content (AvgIpc) is 2.80. The Morgan fingerprint density at radius 3 is 2.38 bits per heavy atom. The van der Waals surface area contributed by atoms with Crippen LogP contribution >= 0.6 is 11.6 Å². The highest BCUT2D eigenvalue weighted by Crippen LogP contribution is 2.41. The van der Waals surface area contributed by atoms with Crippen molar-refractivity contribution in [2.45, 2.75) is 0 Å². The van der Waals surface area contributed by atoms with Gasteiger partial charge >= 0.3 is 0 Å². The lowest BCUT2D eigenvalue weighted by Gasteiger charge is -2.30. The Morgan fingerprint density at radius 2 is 1.62 bits per heavy atom. The summed E-state index contributed by atoms with van der Waals surface area (Å²) in [7, 11) is -2.62. The lowest BCUT2D eigenvalue weighted by atomic mass is 9.95. The highest BCUT2D eigenvalue weighted by Gasteiger charge is 2.39. The minimum Gasteiger partial charge on any atom is -0.490 e. The maximum atomic E-state index is 13.4. The molecular formula is C24H21ClN2O4S. The molecule has 1 aliphatic rings. The number of hydrogen-bond donors (Lipinski definition) is 1. The van der Waals surface area contributed by atoms with E-state index in [9.17, 15) is 13.2 Å². The van der Waals surface area contributed by atoms with E-state index in [1.54, 1.807) is 48.5 Å². The summed E-state index contributed by atoms with van der Waals surface area (Å²) in [6.45, 7) is 0.242. The molecule has 1 N–H and O–H groups in total. The van der Waals surface area contributed by atoms with E-state index in [0.29, 0.717) is 33.2 Å².